The zero-order valence-electron chi connectivity index (χ0n) is 12.7. The van der Waals surface area contributed by atoms with Crippen molar-refractivity contribution in [3.05, 3.63) is 0 Å². The second-order valence-electron chi connectivity index (χ2n) is 5.15. The molecule has 1 saturated heterocycles. The average molecular weight is 280 g/mol. The molecule has 112 valence electrons. The molecule has 1 aliphatic heterocycles. The van der Waals surface area contributed by atoms with E-state index in [2.05, 4.69) is 44.6 Å². The minimum Gasteiger partial charge on any atom is -0.467 e. The van der Waals surface area contributed by atoms with Crippen LogP contribution in [0.15, 0.2) is 0 Å². The number of hydrogen-bond donors (Lipinski definition) is 2. The lowest BCUT2D eigenvalue weighted by Gasteiger charge is -2.38. The van der Waals surface area contributed by atoms with Crippen molar-refractivity contribution >= 4 is 11.9 Å². The number of piperidine rings is 1. The van der Waals surface area contributed by atoms with E-state index < -0.39 is 0 Å². The predicted molar refractivity (Wildman–Crippen MR) is 78.8 cm³/mol. The van der Waals surface area contributed by atoms with E-state index in [0.717, 1.165) is 6.54 Å². The SMILES string of the molecule is CCNc1nc(NN2C(C)CCCC2C)nc(OC)n1. The van der Waals surface area contributed by atoms with E-state index in [1.807, 2.05) is 6.92 Å². The molecule has 0 bridgehead atoms. The summed E-state index contributed by atoms with van der Waals surface area (Å²) in [6.45, 7) is 7.18. The fraction of sp³-hybridized carbons (Fsp3) is 0.769. The first-order valence-corrected chi connectivity index (χ1v) is 7.23. The van der Waals surface area contributed by atoms with Gasteiger partial charge in [-0.1, -0.05) is 6.42 Å². The normalized spacial score (nSPS) is 23.4. The van der Waals surface area contributed by atoms with Crippen LogP contribution >= 0.6 is 0 Å². The van der Waals surface area contributed by atoms with Crippen LogP contribution in [0.1, 0.15) is 40.0 Å². The summed E-state index contributed by atoms with van der Waals surface area (Å²) in [7, 11) is 1.56. The van der Waals surface area contributed by atoms with Crippen molar-refractivity contribution in [3.63, 3.8) is 0 Å². The first-order valence-electron chi connectivity index (χ1n) is 7.23. The van der Waals surface area contributed by atoms with Gasteiger partial charge in [-0.05, 0) is 33.6 Å². The van der Waals surface area contributed by atoms with Crippen molar-refractivity contribution in [2.75, 3.05) is 24.4 Å². The van der Waals surface area contributed by atoms with Gasteiger partial charge in [-0.15, -0.1) is 0 Å². The molecule has 0 aromatic carbocycles. The number of methoxy groups -OCH3 is 1. The summed E-state index contributed by atoms with van der Waals surface area (Å²) in [5.74, 6) is 1.05. The summed E-state index contributed by atoms with van der Waals surface area (Å²) in [5, 5.41) is 5.30. The Labute approximate surface area is 120 Å². The summed E-state index contributed by atoms with van der Waals surface area (Å²) in [6.07, 6.45) is 3.63. The van der Waals surface area contributed by atoms with E-state index in [0.29, 0.717) is 30.0 Å². The highest BCUT2D eigenvalue weighted by molar-refractivity contribution is 5.35. The van der Waals surface area contributed by atoms with Gasteiger partial charge in [0.2, 0.25) is 11.9 Å². The second kappa shape index (κ2) is 6.69. The van der Waals surface area contributed by atoms with Gasteiger partial charge in [0.1, 0.15) is 0 Å². The van der Waals surface area contributed by atoms with Crippen LogP contribution in [0.4, 0.5) is 11.9 Å². The maximum Gasteiger partial charge on any atom is 0.322 e. The third-order valence-corrected chi connectivity index (χ3v) is 3.55. The molecule has 1 fully saturated rings. The quantitative estimate of drug-likeness (QED) is 0.853. The summed E-state index contributed by atoms with van der Waals surface area (Å²) in [6, 6.07) is 1.24. The maximum atomic E-state index is 5.12. The van der Waals surface area contributed by atoms with E-state index in [1.165, 1.54) is 19.3 Å². The third kappa shape index (κ3) is 3.47. The van der Waals surface area contributed by atoms with Crippen molar-refractivity contribution in [1.82, 2.24) is 20.0 Å². The summed E-state index contributed by atoms with van der Waals surface area (Å²) in [4.78, 5) is 12.8. The van der Waals surface area contributed by atoms with Gasteiger partial charge in [0, 0.05) is 18.6 Å². The molecule has 0 amide bonds. The Morgan fingerprint density at radius 1 is 1.15 bits per heavy atom. The van der Waals surface area contributed by atoms with Gasteiger partial charge in [0.15, 0.2) is 0 Å². The number of anilines is 2. The van der Waals surface area contributed by atoms with Crippen molar-refractivity contribution < 1.29 is 4.74 Å². The highest BCUT2D eigenvalue weighted by atomic mass is 16.5. The zero-order valence-corrected chi connectivity index (χ0v) is 12.7. The molecule has 2 rings (SSSR count). The summed E-state index contributed by atoms with van der Waals surface area (Å²) < 4.78 is 5.12. The van der Waals surface area contributed by atoms with Crippen LogP contribution < -0.4 is 15.5 Å². The van der Waals surface area contributed by atoms with Crippen LogP contribution in [0.3, 0.4) is 0 Å². The Hall–Kier alpha value is -1.63. The Kier molecular flexibility index (Phi) is 4.94. The monoisotopic (exact) mass is 280 g/mol. The van der Waals surface area contributed by atoms with Crippen LogP contribution in [0.5, 0.6) is 6.01 Å². The van der Waals surface area contributed by atoms with Gasteiger partial charge < -0.3 is 10.1 Å². The van der Waals surface area contributed by atoms with Gasteiger partial charge in [-0.25, -0.2) is 5.01 Å². The third-order valence-electron chi connectivity index (χ3n) is 3.55. The molecule has 0 radical (unpaired) electrons. The van der Waals surface area contributed by atoms with Gasteiger partial charge in [-0.3, -0.25) is 5.43 Å². The van der Waals surface area contributed by atoms with E-state index in [9.17, 15) is 0 Å². The van der Waals surface area contributed by atoms with Crippen LogP contribution in [-0.4, -0.2) is 45.7 Å². The second-order valence-corrected chi connectivity index (χ2v) is 5.15. The molecule has 2 N–H and O–H groups in total. The molecule has 2 unspecified atom stereocenters. The predicted octanol–water partition coefficient (Wildman–Crippen LogP) is 1.90. The number of nitrogens with zero attached hydrogens (tertiary/aromatic N) is 4. The fourth-order valence-electron chi connectivity index (χ4n) is 2.49. The molecule has 1 aliphatic rings. The van der Waals surface area contributed by atoms with E-state index >= 15 is 0 Å². The lowest BCUT2D eigenvalue weighted by atomic mass is 10.00. The van der Waals surface area contributed by atoms with Gasteiger partial charge >= 0.3 is 6.01 Å². The van der Waals surface area contributed by atoms with Crippen molar-refractivity contribution in [2.45, 2.75) is 52.1 Å². The first kappa shape index (κ1) is 14.8. The number of hydrazine groups is 1. The fourth-order valence-corrected chi connectivity index (χ4v) is 2.49. The Bertz CT molecular complexity index is 431. The maximum absolute atomic E-state index is 5.12. The largest absolute Gasteiger partial charge is 0.467 e. The minimum atomic E-state index is 0.316. The van der Waals surface area contributed by atoms with Crippen LogP contribution in [-0.2, 0) is 0 Å². The van der Waals surface area contributed by atoms with E-state index in [4.69, 9.17) is 4.74 Å². The van der Waals surface area contributed by atoms with Crippen molar-refractivity contribution in [3.8, 4) is 6.01 Å². The highest BCUT2D eigenvalue weighted by Crippen LogP contribution is 2.23. The number of rotatable bonds is 5. The topological polar surface area (TPSA) is 75.2 Å². The van der Waals surface area contributed by atoms with Gasteiger partial charge in [0.05, 0.1) is 7.11 Å². The molecule has 1 aromatic heterocycles. The number of nitrogens with one attached hydrogen (secondary N) is 2. The van der Waals surface area contributed by atoms with Crippen LogP contribution in [0.2, 0.25) is 0 Å². The molecular formula is C13H24N6O. The van der Waals surface area contributed by atoms with E-state index in [1.54, 1.807) is 7.11 Å². The van der Waals surface area contributed by atoms with Gasteiger partial charge in [-0.2, -0.15) is 15.0 Å². The molecule has 2 atom stereocenters. The Balaban J connectivity index is 2.16. The average Bonchev–Trinajstić information content (AvgIpc) is 2.43. The number of hydrogen-bond acceptors (Lipinski definition) is 7. The summed E-state index contributed by atoms with van der Waals surface area (Å²) in [5.41, 5.74) is 3.31. The molecule has 0 spiro atoms. The Morgan fingerprint density at radius 3 is 2.40 bits per heavy atom. The molecule has 2 heterocycles. The molecule has 0 aliphatic carbocycles. The smallest absolute Gasteiger partial charge is 0.322 e. The summed E-state index contributed by atoms with van der Waals surface area (Å²) >= 11 is 0. The number of aromatic nitrogens is 3. The van der Waals surface area contributed by atoms with Gasteiger partial charge in [0.25, 0.3) is 0 Å². The lowest BCUT2D eigenvalue weighted by Crippen LogP contribution is -2.47. The standard InChI is InChI=1S/C13H24N6O/c1-5-14-11-15-12(17-13(16-11)20-4)18-19-9(2)7-6-8-10(19)3/h9-10H,5-8H2,1-4H3,(H2,14,15,16,17,18). The molecular weight excluding hydrogens is 256 g/mol. The molecule has 7 heteroatoms. The first-order chi connectivity index (χ1) is 9.63. The van der Waals surface area contributed by atoms with Crippen molar-refractivity contribution in [1.29, 1.82) is 0 Å². The van der Waals surface area contributed by atoms with Crippen molar-refractivity contribution in [2.24, 2.45) is 0 Å². The molecule has 0 saturated carbocycles. The number of ether oxygens (including phenoxy) is 1. The minimum absolute atomic E-state index is 0.316. The van der Waals surface area contributed by atoms with E-state index in [-0.39, 0.29) is 0 Å². The lowest BCUT2D eigenvalue weighted by molar-refractivity contribution is 0.134. The van der Waals surface area contributed by atoms with Crippen LogP contribution in [0, 0.1) is 0 Å². The molecule has 20 heavy (non-hydrogen) atoms. The molecule has 1 aromatic rings. The van der Waals surface area contributed by atoms with Crippen LogP contribution in [0.25, 0.3) is 0 Å². The molecule has 7 nitrogen and oxygen atoms in total. The highest BCUT2D eigenvalue weighted by Gasteiger charge is 2.25. The zero-order chi connectivity index (χ0) is 14.5. The Morgan fingerprint density at radius 2 is 1.80 bits per heavy atom.